The Kier molecular flexibility index (Phi) is 5.74. The molecule has 3 aromatic rings. The van der Waals surface area contributed by atoms with E-state index >= 15 is 0 Å². The molecule has 0 amide bonds. The van der Waals surface area contributed by atoms with E-state index in [1.165, 1.54) is 6.20 Å². The van der Waals surface area contributed by atoms with Crippen LogP contribution >= 0.6 is 23.2 Å². The minimum absolute atomic E-state index is 0.0810. The monoisotopic (exact) mass is 411 g/mol. The molecule has 140 valence electrons. The van der Waals surface area contributed by atoms with Gasteiger partial charge >= 0.3 is 0 Å². The number of nitrogens with zero attached hydrogens (tertiary/aromatic N) is 2. The first-order chi connectivity index (χ1) is 12.9. The SMILES string of the molecule is O=c1c(Cl)c(NCC(O)c2ccc(F)cc2F)cnn1-c1ccc(Cl)cc1. The molecule has 0 aliphatic carbocycles. The van der Waals surface area contributed by atoms with Gasteiger partial charge in [0.05, 0.1) is 23.7 Å². The Morgan fingerprint density at radius 3 is 2.52 bits per heavy atom. The fourth-order valence-electron chi connectivity index (χ4n) is 2.41. The minimum atomic E-state index is -1.28. The lowest BCUT2D eigenvalue weighted by molar-refractivity contribution is 0.186. The van der Waals surface area contributed by atoms with Gasteiger partial charge in [0.25, 0.3) is 5.56 Å². The number of anilines is 1. The van der Waals surface area contributed by atoms with Crippen LogP contribution in [0.2, 0.25) is 10.0 Å². The van der Waals surface area contributed by atoms with E-state index in [1.807, 2.05) is 0 Å². The highest BCUT2D eigenvalue weighted by atomic mass is 35.5. The Bertz CT molecular complexity index is 1030. The smallest absolute Gasteiger partial charge is 0.292 e. The van der Waals surface area contributed by atoms with E-state index in [-0.39, 0.29) is 22.8 Å². The predicted octanol–water partition coefficient (Wildman–Crippen LogP) is 3.96. The molecule has 5 nitrogen and oxygen atoms in total. The Hall–Kier alpha value is -2.48. The van der Waals surface area contributed by atoms with Crippen LogP contribution in [0.25, 0.3) is 5.69 Å². The van der Waals surface area contributed by atoms with E-state index < -0.39 is 23.3 Å². The van der Waals surface area contributed by atoms with Gasteiger partial charge in [-0.1, -0.05) is 29.3 Å². The van der Waals surface area contributed by atoms with Gasteiger partial charge in [0, 0.05) is 23.2 Å². The van der Waals surface area contributed by atoms with Crippen molar-refractivity contribution in [3.8, 4) is 5.69 Å². The highest BCUT2D eigenvalue weighted by Crippen LogP contribution is 2.21. The third-order valence-electron chi connectivity index (χ3n) is 3.80. The molecule has 1 atom stereocenters. The van der Waals surface area contributed by atoms with Crippen LogP contribution in [0.15, 0.2) is 53.5 Å². The summed E-state index contributed by atoms with van der Waals surface area (Å²) < 4.78 is 27.8. The predicted molar refractivity (Wildman–Crippen MR) is 99.7 cm³/mol. The second-order valence-electron chi connectivity index (χ2n) is 5.63. The van der Waals surface area contributed by atoms with Crippen molar-refractivity contribution >= 4 is 28.9 Å². The Labute approximate surface area is 162 Å². The largest absolute Gasteiger partial charge is 0.386 e. The summed E-state index contributed by atoms with van der Waals surface area (Å²) in [7, 11) is 0. The molecule has 0 aliphatic heterocycles. The van der Waals surface area contributed by atoms with E-state index in [0.29, 0.717) is 16.8 Å². The van der Waals surface area contributed by atoms with Crippen LogP contribution in [0.5, 0.6) is 0 Å². The van der Waals surface area contributed by atoms with Crippen LogP contribution in [0.1, 0.15) is 11.7 Å². The van der Waals surface area contributed by atoms with Gasteiger partial charge in [-0.25, -0.2) is 8.78 Å². The minimum Gasteiger partial charge on any atom is -0.386 e. The van der Waals surface area contributed by atoms with Gasteiger partial charge in [-0.2, -0.15) is 9.78 Å². The maximum absolute atomic E-state index is 13.7. The summed E-state index contributed by atoms with van der Waals surface area (Å²) in [6.07, 6.45) is 0.0341. The van der Waals surface area contributed by atoms with Crippen molar-refractivity contribution in [3.05, 3.63) is 86.3 Å². The van der Waals surface area contributed by atoms with Crippen molar-refractivity contribution in [2.75, 3.05) is 11.9 Å². The third kappa shape index (κ3) is 4.27. The van der Waals surface area contributed by atoms with E-state index in [1.54, 1.807) is 24.3 Å². The van der Waals surface area contributed by atoms with Crippen molar-refractivity contribution in [1.29, 1.82) is 0 Å². The van der Waals surface area contributed by atoms with Crippen molar-refractivity contribution in [2.24, 2.45) is 0 Å². The lowest BCUT2D eigenvalue weighted by atomic mass is 10.1. The number of hydrogen-bond donors (Lipinski definition) is 2. The number of hydrogen-bond acceptors (Lipinski definition) is 4. The van der Waals surface area contributed by atoms with Crippen molar-refractivity contribution in [1.82, 2.24) is 9.78 Å². The summed E-state index contributed by atoms with van der Waals surface area (Å²) in [6, 6.07) is 9.32. The lowest BCUT2D eigenvalue weighted by Gasteiger charge is -2.15. The van der Waals surface area contributed by atoms with Crippen LogP contribution < -0.4 is 10.9 Å². The second kappa shape index (κ2) is 8.04. The standard InChI is InChI=1S/C18H13Cl2F2N3O2/c19-10-1-4-12(5-2-10)25-18(27)17(20)15(8-24-25)23-9-16(26)13-6-3-11(21)7-14(13)22/h1-8,16,23,26H,9H2. The summed E-state index contributed by atoms with van der Waals surface area (Å²) >= 11 is 11.9. The highest BCUT2D eigenvalue weighted by Gasteiger charge is 2.16. The van der Waals surface area contributed by atoms with Crippen LogP contribution in [-0.4, -0.2) is 21.4 Å². The lowest BCUT2D eigenvalue weighted by Crippen LogP contribution is -2.23. The molecule has 3 rings (SSSR count). The molecular weight excluding hydrogens is 399 g/mol. The van der Waals surface area contributed by atoms with Crippen LogP contribution in [0, 0.1) is 11.6 Å². The quantitative estimate of drug-likeness (QED) is 0.666. The number of rotatable bonds is 5. The summed E-state index contributed by atoms with van der Waals surface area (Å²) in [5, 5.41) is 17.2. The molecule has 0 bridgehead atoms. The third-order valence-corrected chi connectivity index (χ3v) is 4.41. The molecule has 9 heteroatoms. The zero-order valence-electron chi connectivity index (χ0n) is 13.7. The average Bonchev–Trinajstić information content (AvgIpc) is 2.63. The normalized spacial score (nSPS) is 12.0. The summed E-state index contributed by atoms with van der Waals surface area (Å²) in [4.78, 5) is 12.4. The number of aliphatic hydroxyl groups excluding tert-OH is 1. The number of aliphatic hydroxyl groups is 1. The van der Waals surface area contributed by atoms with E-state index in [4.69, 9.17) is 23.2 Å². The Morgan fingerprint density at radius 1 is 1.15 bits per heavy atom. The second-order valence-corrected chi connectivity index (χ2v) is 6.44. The summed E-state index contributed by atoms with van der Waals surface area (Å²) in [5.74, 6) is -1.61. The maximum atomic E-state index is 13.7. The van der Waals surface area contributed by atoms with Gasteiger partial charge in [0.1, 0.15) is 16.7 Å². The fourth-order valence-corrected chi connectivity index (χ4v) is 2.73. The van der Waals surface area contributed by atoms with Gasteiger partial charge in [0.15, 0.2) is 0 Å². The highest BCUT2D eigenvalue weighted by molar-refractivity contribution is 6.33. The van der Waals surface area contributed by atoms with E-state index in [2.05, 4.69) is 10.4 Å². The van der Waals surface area contributed by atoms with Gasteiger partial charge in [-0.15, -0.1) is 0 Å². The molecule has 0 radical (unpaired) electrons. The fraction of sp³-hybridized carbons (Fsp3) is 0.111. The molecule has 2 N–H and O–H groups in total. The first kappa shape index (κ1) is 19.3. The van der Waals surface area contributed by atoms with E-state index in [0.717, 1.165) is 16.8 Å². The maximum Gasteiger partial charge on any atom is 0.292 e. The Balaban J connectivity index is 1.79. The van der Waals surface area contributed by atoms with Crippen molar-refractivity contribution in [2.45, 2.75) is 6.10 Å². The first-order valence-electron chi connectivity index (χ1n) is 7.77. The molecule has 0 saturated carbocycles. The van der Waals surface area contributed by atoms with Crippen molar-refractivity contribution < 1.29 is 13.9 Å². The van der Waals surface area contributed by atoms with Gasteiger partial charge in [0.2, 0.25) is 0 Å². The van der Waals surface area contributed by atoms with Crippen LogP contribution in [0.3, 0.4) is 0 Å². The topological polar surface area (TPSA) is 67.2 Å². The molecule has 1 heterocycles. The van der Waals surface area contributed by atoms with E-state index in [9.17, 15) is 18.7 Å². The molecule has 0 aliphatic rings. The zero-order chi connectivity index (χ0) is 19.6. The molecular formula is C18H13Cl2F2N3O2. The molecule has 1 unspecified atom stereocenters. The molecule has 27 heavy (non-hydrogen) atoms. The summed E-state index contributed by atoms with van der Waals surface area (Å²) in [6.45, 7) is -0.158. The molecule has 1 aromatic heterocycles. The summed E-state index contributed by atoms with van der Waals surface area (Å²) in [5.41, 5.74) is -0.00588. The first-order valence-corrected chi connectivity index (χ1v) is 8.53. The molecule has 0 saturated heterocycles. The number of benzene rings is 2. The Morgan fingerprint density at radius 2 is 1.85 bits per heavy atom. The molecule has 0 fully saturated rings. The number of halogens is 4. The average molecular weight is 412 g/mol. The van der Waals surface area contributed by atoms with Crippen LogP contribution in [0.4, 0.5) is 14.5 Å². The molecule has 0 spiro atoms. The van der Waals surface area contributed by atoms with Gasteiger partial charge in [-0.05, 0) is 30.3 Å². The van der Waals surface area contributed by atoms with Crippen LogP contribution in [-0.2, 0) is 0 Å². The number of aromatic nitrogens is 2. The number of nitrogens with one attached hydrogen (secondary N) is 1. The van der Waals surface area contributed by atoms with Gasteiger partial charge < -0.3 is 10.4 Å². The zero-order valence-corrected chi connectivity index (χ0v) is 15.2. The van der Waals surface area contributed by atoms with Crippen molar-refractivity contribution in [3.63, 3.8) is 0 Å². The van der Waals surface area contributed by atoms with Gasteiger partial charge in [-0.3, -0.25) is 4.79 Å². The molecule has 2 aromatic carbocycles.